The molecule has 0 aliphatic rings. The highest BCUT2D eigenvalue weighted by Gasteiger charge is 2.08. The molecule has 78 valence electrons. The molecule has 1 heteroatoms. The monoisotopic (exact) mass is 184 g/mol. The molecule has 0 aromatic carbocycles. The molecule has 1 nitrogen and oxygen atoms in total. The van der Waals surface area contributed by atoms with E-state index in [1.807, 2.05) is 0 Å². The van der Waals surface area contributed by atoms with Crippen LogP contribution < -0.4 is 0 Å². The molecule has 1 atom stereocenters. The summed E-state index contributed by atoms with van der Waals surface area (Å²) in [7, 11) is 0. The maximum absolute atomic E-state index is 10.7. The molecule has 0 aliphatic heterocycles. The van der Waals surface area contributed by atoms with E-state index in [9.17, 15) is 4.79 Å². The minimum atomic E-state index is 0.317. The van der Waals surface area contributed by atoms with Gasteiger partial charge in [0, 0.05) is 5.92 Å². The summed E-state index contributed by atoms with van der Waals surface area (Å²) in [5, 5.41) is 0. The van der Waals surface area contributed by atoms with Crippen LogP contribution in [0.4, 0.5) is 0 Å². The smallest absolute Gasteiger partial charge is 0.123 e. The second-order valence-corrected chi connectivity index (χ2v) is 4.38. The van der Waals surface area contributed by atoms with Gasteiger partial charge in [-0.3, -0.25) is 0 Å². The summed E-state index contributed by atoms with van der Waals surface area (Å²) in [4.78, 5) is 10.7. The Morgan fingerprint density at radius 2 is 1.85 bits per heavy atom. The van der Waals surface area contributed by atoms with E-state index < -0.39 is 0 Å². The van der Waals surface area contributed by atoms with Crippen LogP contribution in [-0.2, 0) is 4.79 Å². The molecule has 0 rings (SSSR count). The first-order chi connectivity index (χ1) is 6.20. The molecule has 0 aromatic rings. The molecule has 0 spiro atoms. The Bertz CT molecular complexity index is 118. The molecule has 0 fully saturated rings. The third-order valence-electron chi connectivity index (χ3n) is 2.40. The maximum atomic E-state index is 10.7. The summed E-state index contributed by atoms with van der Waals surface area (Å²) in [5.41, 5.74) is 0. The number of carbonyl (C=O) groups excluding carboxylic acids is 1. The number of hydrogen-bond donors (Lipinski definition) is 0. The van der Waals surface area contributed by atoms with Crippen molar-refractivity contribution in [2.75, 3.05) is 0 Å². The summed E-state index contributed by atoms with van der Waals surface area (Å²) < 4.78 is 0. The predicted octanol–water partition coefficient (Wildman–Crippen LogP) is 3.82. The zero-order valence-corrected chi connectivity index (χ0v) is 9.38. The lowest BCUT2D eigenvalue weighted by molar-refractivity contribution is -0.111. The zero-order chi connectivity index (χ0) is 10.1. The number of carbonyl (C=O) groups is 1. The fourth-order valence-corrected chi connectivity index (χ4v) is 1.68. The van der Waals surface area contributed by atoms with Gasteiger partial charge in [-0.15, -0.1) is 0 Å². The van der Waals surface area contributed by atoms with Crippen molar-refractivity contribution in [3.63, 3.8) is 0 Å². The second kappa shape index (κ2) is 8.28. The Hall–Kier alpha value is -0.330. The number of hydrogen-bond acceptors (Lipinski definition) is 1. The molecule has 1 unspecified atom stereocenters. The summed E-state index contributed by atoms with van der Waals surface area (Å²) in [5.74, 6) is 0.971. The second-order valence-electron chi connectivity index (χ2n) is 4.38. The van der Waals surface area contributed by atoms with Crippen molar-refractivity contribution in [2.45, 2.75) is 59.3 Å². The summed E-state index contributed by atoms with van der Waals surface area (Å²) in [6.45, 7) is 6.58. The fraction of sp³-hybridized carbons (Fsp3) is 0.917. The molecule has 0 bridgehead atoms. The Balaban J connectivity index is 3.42. The van der Waals surface area contributed by atoms with E-state index in [1.54, 1.807) is 0 Å². The van der Waals surface area contributed by atoms with Gasteiger partial charge in [-0.25, -0.2) is 0 Å². The van der Waals surface area contributed by atoms with Crippen molar-refractivity contribution in [2.24, 2.45) is 11.8 Å². The van der Waals surface area contributed by atoms with E-state index in [-0.39, 0.29) is 0 Å². The number of rotatable bonds is 8. The molecule has 0 saturated carbocycles. The van der Waals surface area contributed by atoms with Gasteiger partial charge in [0.15, 0.2) is 0 Å². The van der Waals surface area contributed by atoms with Gasteiger partial charge in [-0.2, -0.15) is 0 Å². The van der Waals surface area contributed by atoms with Crippen LogP contribution in [-0.4, -0.2) is 6.29 Å². The van der Waals surface area contributed by atoms with E-state index in [0.717, 1.165) is 19.1 Å². The lowest BCUT2D eigenvalue weighted by atomic mass is 9.93. The summed E-state index contributed by atoms with van der Waals surface area (Å²) >= 11 is 0. The highest BCUT2D eigenvalue weighted by atomic mass is 16.1. The minimum Gasteiger partial charge on any atom is -0.303 e. The van der Waals surface area contributed by atoms with Crippen LogP contribution in [0.2, 0.25) is 0 Å². The van der Waals surface area contributed by atoms with E-state index in [4.69, 9.17) is 0 Å². The molecule has 0 aromatic heterocycles. The van der Waals surface area contributed by atoms with Gasteiger partial charge < -0.3 is 4.79 Å². The van der Waals surface area contributed by atoms with Crippen molar-refractivity contribution in [3.05, 3.63) is 0 Å². The molecule has 0 radical (unpaired) electrons. The standard InChI is InChI=1S/C12H24O/c1-4-5-6-7-8-12(10-13)9-11(2)3/h10-12H,4-9H2,1-3H3. The third-order valence-corrected chi connectivity index (χ3v) is 2.40. The predicted molar refractivity (Wildman–Crippen MR) is 57.8 cm³/mol. The van der Waals surface area contributed by atoms with E-state index in [1.165, 1.54) is 25.7 Å². The lowest BCUT2D eigenvalue weighted by Crippen LogP contribution is -2.05. The molecule has 0 amide bonds. The quantitative estimate of drug-likeness (QED) is 0.414. The largest absolute Gasteiger partial charge is 0.303 e. The maximum Gasteiger partial charge on any atom is 0.123 e. The van der Waals surface area contributed by atoms with Gasteiger partial charge in [0.25, 0.3) is 0 Å². The normalized spacial score (nSPS) is 13.2. The topological polar surface area (TPSA) is 17.1 Å². The van der Waals surface area contributed by atoms with Crippen molar-refractivity contribution < 1.29 is 4.79 Å². The summed E-state index contributed by atoms with van der Waals surface area (Å²) in [6.07, 6.45) is 8.41. The fourth-order valence-electron chi connectivity index (χ4n) is 1.68. The molecular formula is C12H24O. The van der Waals surface area contributed by atoms with E-state index >= 15 is 0 Å². The molecule has 0 heterocycles. The van der Waals surface area contributed by atoms with Gasteiger partial charge in [0.05, 0.1) is 0 Å². The first-order valence-electron chi connectivity index (χ1n) is 5.66. The zero-order valence-electron chi connectivity index (χ0n) is 9.38. The first kappa shape index (κ1) is 12.7. The van der Waals surface area contributed by atoms with Gasteiger partial charge in [0.1, 0.15) is 6.29 Å². The minimum absolute atomic E-state index is 0.317. The Labute approximate surface area is 82.9 Å². The number of unbranched alkanes of at least 4 members (excludes halogenated alkanes) is 3. The average Bonchev–Trinajstić information content (AvgIpc) is 2.09. The van der Waals surface area contributed by atoms with Gasteiger partial charge in [-0.05, 0) is 18.8 Å². The van der Waals surface area contributed by atoms with Crippen LogP contribution in [0.1, 0.15) is 59.3 Å². The Kier molecular flexibility index (Phi) is 8.07. The van der Waals surface area contributed by atoms with Crippen LogP contribution in [0.3, 0.4) is 0 Å². The van der Waals surface area contributed by atoms with Crippen LogP contribution >= 0.6 is 0 Å². The van der Waals surface area contributed by atoms with Crippen molar-refractivity contribution in [1.29, 1.82) is 0 Å². The highest BCUT2D eigenvalue weighted by molar-refractivity contribution is 5.53. The van der Waals surface area contributed by atoms with Gasteiger partial charge in [0.2, 0.25) is 0 Å². The molecule has 0 aliphatic carbocycles. The molecule has 0 N–H and O–H groups in total. The first-order valence-corrected chi connectivity index (χ1v) is 5.66. The van der Waals surface area contributed by atoms with Crippen LogP contribution in [0.5, 0.6) is 0 Å². The summed E-state index contributed by atoms with van der Waals surface area (Å²) in [6, 6.07) is 0. The van der Waals surface area contributed by atoms with Crippen LogP contribution in [0.25, 0.3) is 0 Å². The lowest BCUT2D eigenvalue weighted by Gasteiger charge is -2.11. The van der Waals surface area contributed by atoms with Crippen molar-refractivity contribution in [1.82, 2.24) is 0 Å². The van der Waals surface area contributed by atoms with E-state index in [2.05, 4.69) is 20.8 Å². The molecule has 0 saturated heterocycles. The third kappa shape index (κ3) is 8.01. The Morgan fingerprint density at radius 3 is 2.31 bits per heavy atom. The van der Waals surface area contributed by atoms with Crippen LogP contribution in [0.15, 0.2) is 0 Å². The molecular weight excluding hydrogens is 160 g/mol. The van der Waals surface area contributed by atoms with Crippen molar-refractivity contribution >= 4 is 6.29 Å². The van der Waals surface area contributed by atoms with Gasteiger partial charge in [-0.1, -0.05) is 46.5 Å². The van der Waals surface area contributed by atoms with E-state index in [0.29, 0.717) is 11.8 Å². The van der Waals surface area contributed by atoms with Crippen LogP contribution in [0, 0.1) is 11.8 Å². The number of aldehydes is 1. The highest BCUT2D eigenvalue weighted by Crippen LogP contribution is 2.16. The average molecular weight is 184 g/mol. The Morgan fingerprint density at radius 1 is 1.15 bits per heavy atom. The molecule has 13 heavy (non-hydrogen) atoms. The van der Waals surface area contributed by atoms with Gasteiger partial charge >= 0.3 is 0 Å². The SMILES string of the molecule is CCCCCCC(C=O)CC(C)C. The van der Waals surface area contributed by atoms with Crippen molar-refractivity contribution in [3.8, 4) is 0 Å².